The summed E-state index contributed by atoms with van der Waals surface area (Å²) in [6, 6.07) is 5.77. The Bertz CT molecular complexity index is 703. The van der Waals surface area contributed by atoms with E-state index in [1.54, 1.807) is 19.1 Å². The van der Waals surface area contributed by atoms with Crippen LogP contribution in [0.25, 0.3) is 0 Å². The summed E-state index contributed by atoms with van der Waals surface area (Å²) in [7, 11) is 1.36. The number of hydrogen-bond acceptors (Lipinski definition) is 4. The minimum absolute atomic E-state index is 0.181. The van der Waals surface area contributed by atoms with Gasteiger partial charge in [-0.1, -0.05) is 0 Å². The number of ether oxygens (including phenoxy) is 1. The van der Waals surface area contributed by atoms with Crippen molar-refractivity contribution in [3.8, 4) is 5.75 Å². The number of anilines is 1. The summed E-state index contributed by atoms with van der Waals surface area (Å²) in [4.78, 5) is 23.9. The maximum Gasteiger partial charge on any atom is 0.319 e. The molecule has 8 heteroatoms. The smallest absolute Gasteiger partial charge is 0.319 e. The van der Waals surface area contributed by atoms with Gasteiger partial charge in [0.25, 0.3) is 0 Å². The lowest BCUT2D eigenvalue weighted by atomic mass is 10.3. The van der Waals surface area contributed by atoms with Gasteiger partial charge in [0.05, 0.1) is 25.6 Å². The molecule has 0 aliphatic carbocycles. The van der Waals surface area contributed by atoms with Crippen molar-refractivity contribution in [1.82, 2.24) is 10.6 Å². The average Bonchev–Trinajstić information content (AvgIpc) is 3.07. The number of rotatable bonds is 6. The van der Waals surface area contributed by atoms with Gasteiger partial charge < -0.3 is 25.1 Å². The fourth-order valence-electron chi connectivity index (χ4n) is 1.93. The number of hydrogen-bond donors (Lipinski definition) is 3. The molecule has 1 atom stereocenters. The molecular weight excluding hydrogens is 317 g/mol. The second kappa shape index (κ2) is 8.00. The van der Waals surface area contributed by atoms with E-state index in [0.717, 1.165) is 6.07 Å². The van der Waals surface area contributed by atoms with Gasteiger partial charge in [-0.25, -0.2) is 9.18 Å². The predicted octanol–water partition coefficient (Wildman–Crippen LogP) is 2.25. The monoisotopic (exact) mass is 335 g/mol. The summed E-state index contributed by atoms with van der Waals surface area (Å²) in [5, 5.41) is 7.62. The molecule has 0 radical (unpaired) electrons. The van der Waals surface area contributed by atoms with Crippen molar-refractivity contribution in [2.24, 2.45) is 0 Å². The van der Waals surface area contributed by atoms with Crippen molar-refractivity contribution in [2.75, 3.05) is 12.4 Å². The van der Waals surface area contributed by atoms with Crippen LogP contribution in [0.2, 0.25) is 0 Å². The molecule has 128 valence electrons. The van der Waals surface area contributed by atoms with Crippen LogP contribution >= 0.6 is 0 Å². The Morgan fingerprint density at radius 1 is 1.33 bits per heavy atom. The zero-order valence-corrected chi connectivity index (χ0v) is 13.3. The van der Waals surface area contributed by atoms with Crippen LogP contribution in [0.15, 0.2) is 41.0 Å². The third kappa shape index (κ3) is 4.73. The highest BCUT2D eigenvalue weighted by molar-refractivity contribution is 5.94. The van der Waals surface area contributed by atoms with Crippen molar-refractivity contribution in [1.29, 1.82) is 0 Å². The highest BCUT2D eigenvalue weighted by Crippen LogP contribution is 2.24. The van der Waals surface area contributed by atoms with E-state index < -0.39 is 17.9 Å². The standard InChI is InChI=1S/C16H18FN3O4/c1-10(15(21)18-9-12-4-3-7-24-12)19-16(22)20-13-6-5-11(17)8-14(13)23-2/h3-8,10H,9H2,1-2H3,(H,18,21)(H2,19,20,22). The lowest BCUT2D eigenvalue weighted by Gasteiger charge is -2.15. The van der Waals surface area contributed by atoms with Crippen LogP contribution in [0.3, 0.4) is 0 Å². The number of carbonyl (C=O) groups is 2. The number of urea groups is 1. The van der Waals surface area contributed by atoms with E-state index >= 15 is 0 Å². The Morgan fingerprint density at radius 2 is 2.12 bits per heavy atom. The lowest BCUT2D eigenvalue weighted by Crippen LogP contribution is -2.46. The van der Waals surface area contributed by atoms with E-state index in [0.29, 0.717) is 11.4 Å². The fraction of sp³-hybridized carbons (Fsp3) is 0.250. The van der Waals surface area contributed by atoms with Crippen LogP contribution in [0.1, 0.15) is 12.7 Å². The number of benzene rings is 1. The van der Waals surface area contributed by atoms with Crippen molar-refractivity contribution in [2.45, 2.75) is 19.5 Å². The SMILES string of the molecule is COc1cc(F)ccc1NC(=O)NC(C)C(=O)NCc1ccco1. The van der Waals surface area contributed by atoms with Crippen LogP contribution < -0.4 is 20.7 Å². The van der Waals surface area contributed by atoms with Crippen molar-refractivity contribution in [3.05, 3.63) is 48.2 Å². The van der Waals surface area contributed by atoms with Gasteiger partial charge in [0.15, 0.2) is 0 Å². The van der Waals surface area contributed by atoms with Crippen LogP contribution in [-0.2, 0) is 11.3 Å². The van der Waals surface area contributed by atoms with Gasteiger partial charge in [0, 0.05) is 6.07 Å². The number of halogens is 1. The molecule has 1 unspecified atom stereocenters. The summed E-state index contributed by atoms with van der Waals surface area (Å²) in [6.45, 7) is 1.77. The highest BCUT2D eigenvalue weighted by Gasteiger charge is 2.16. The molecule has 0 spiro atoms. The van der Waals surface area contributed by atoms with Gasteiger partial charge in [-0.15, -0.1) is 0 Å². The van der Waals surface area contributed by atoms with Gasteiger partial charge in [0.2, 0.25) is 5.91 Å². The molecule has 2 rings (SSSR count). The molecule has 0 fully saturated rings. The first-order valence-electron chi connectivity index (χ1n) is 7.20. The molecule has 0 bridgehead atoms. The summed E-state index contributed by atoms with van der Waals surface area (Å²) < 4.78 is 23.2. The van der Waals surface area contributed by atoms with Gasteiger partial charge in [-0.3, -0.25) is 4.79 Å². The third-order valence-electron chi connectivity index (χ3n) is 3.17. The summed E-state index contributed by atoms with van der Waals surface area (Å²) in [6.07, 6.45) is 1.51. The van der Waals surface area contributed by atoms with E-state index in [1.165, 1.54) is 25.5 Å². The minimum Gasteiger partial charge on any atom is -0.494 e. The van der Waals surface area contributed by atoms with Gasteiger partial charge in [0.1, 0.15) is 23.4 Å². The fourth-order valence-corrected chi connectivity index (χ4v) is 1.93. The quantitative estimate of drug-likeness (QED) is 0.755. The Labute approximate surface area is 138 Å². The molecule has 24 heavy (non-hydrogen) atoms. The predicted molar refractivity (Wildman–Crippen MR) is 85.1 cm³/mol. The molecular formula is C16H18FN3O4. The second-order valence-electron chi connectivity index (χ2n) is 4.96. The summed E-state index contributed by atoms with van der Waals surface area (Å²) in [5.74, 6) is -0.0628. The normalized spacial score (nSPS) is 11.5. The van der Waals surface area contributed by atoms with E-state index in [9.17, 15) is 14.0 Å². The molecule has 1 aromatic heterocycles. The highest BCUT2D eigenvalue weighted by atomic mass is 19.1. The molecule has 1 heterocycles. The van der Waals surface area contributed by atoms with E-state index in [2.05, 4.69) is 16.0 Å². The van der Waals surface area contributed by atoms with Crippen LogP contribution in [0, 0.1) is 5.82 Å². The molecule has 3 N–H and O–H groups in total. The molecule has 0 saturated carbocycles. The Morgan fingerprint density at radius 3 is 2.79 bits per heavy atom. The topological polar surface area (TPSA) is 92.6 Å². The van der Waals surface area contributed by atoms with E-state index in [4.69, 9.17) is 9.15 Å². The minimum atomic E-state index is -0.772. The number of furan rings is 1. The van der Waals surface area contributed by atoms with Gasteiger partial charge in [-0.2, -0.15) is 0 Å². The molecule has 1 aromatic carbocycles. The second-order valence-corrected chi connectivity index (χ2v) is 4.96. The summed E-state index contributed by atoms with van der Waals surface area (Å²) in [5.41, 5.74) is 0.291. The van der Waals surface area contributed by atoms with Crippen LogP contribution in [-0.4, -0.2) is 25.1 Å². The summed E-state index contributed by atoms with van der Waals surface area (Å²) >= 11 is 0. The lowest BCUT2D eigenvalue weighted by molar-refractivity contribution is -0.122. The zero-order chi connectivity index (χ0) is 17.5. The first kappa shape index (κ1) is 17.3. The zero-order valence-electron chi connectivity index (χ0n) is 13.3. The Hall–Kier alpha value is -3.03. The number of carbonyl (C=O) groups excluding carboxylic acids is 2. The Kier molecular flexibility index (Phi) is 5.78. The van der Waals surface area contributed by atoms with Gasteiger partial charge in [-0.05, 0) is 31.2 Å². The number of nitrogens with one attached hydrogen (secondary N) is 3. The van der Waals surface area contributed by atoms with Gasteiger partial charge >= 0.3 is 6.03 Å². The third-order valence-corrected chi connectivity index (χ3v) is 3.17. The van der Waals surface area contributed by atoms with E-state index in [1.807, 2.05) is 0 Å². The largest absolute Gasteiger partial charge is 0.494 e. The maximum atomic E-state index is 13.1. The van der Waals surface area contributed by atoms with Crippen molar-refractivity contribution < 1.29 is 23.1 Å². The van der Waals surface area contributed by atoms with Crippen LogP contribution in [0.5, 0.6) is 5.75 Å². The first-order valence-corrected chi connectivity index (χ1v) is 7.20. The first-order chi connectivity index (χ1) is 11.5. The van der Waals surface area contributed by atoms with Crippen molar-refractivity contribution >= 4 is 17.6 Å². The molecule has 0 aliphatic rings. The molecule has 0 aliphatic heterocycles. The molecule has 0 saturated heterocycles. The maximum absolute atomic E-state index is 13.1. The molecule has 3 amide bonds. The van der Waals surface area contributed by atoms with E-state index in [-0.39, 0.29) is 18.2 Å². The Balaban J connectivity index is 1.86. The van der Waals surface area contributed by atoms with Crippen molar-refractivity contribution in [3.63, 3.8) is 0 Å². The molecule has 2 aromatic rings. The van der Waals surface area contributed by atoms with Crippen LogP contribution in [0.4, 0.5) is 14.9 Å². The number of amides is 3. The average molecular weight is 335 g/mol. The molecule has 7 nitrogen and oxygen atoms in total. The number of methoxy groups -OCH3 is 1.